The minimum Gasteiger partial charge on any atom is -0.350 e. The molecule has 0 bridgehead atoms. The Bertz CT molecular complexity index is 555. The van der Waals surface area contributed by atoms with E-state index in [4.69, 9.17) is 0 Å². The van der Waals surface area contributed by atoms with Crippen LogP contribution in [0.3, 0.4) is 0 Å². The van der Waals surface area contributed by atoms with E-state index >= 15 is 0 Å². The summed E-state index contributed by atoms with van der Waals surface area (Å²) < 4.78 is 2.27. The van der Waals surface area contributed by atoms with Crippen LogP contribution in [0.5, 0.6) is 0 Å². The molecule has 1 aromatic heterocycles. The van der Waals surface area contributed by atoms with Gasteiger partial charge >= 0.3 is 0 Å². The molecule has 0 aliphatic heterocycles. The van der Waals surface area contributed by atoms with Crippen molar-refractivity contribution in [3.63, 3.8) is 0 Å². The highest BCUT2D eigenvalue weighted by atomic mass is 14.9. The molecule has 2 atom stereocenters. The van der Waals surface area contributed by atoms with Gasteiger partial charge < -0.3 is 9.88 Å². The number of benzene rings is 1. The third-order valence-corrected chi connectivity index (χ3v) is 4.74. The van der Waals surface area contributed by atoms with Gasteiger partial charge in [-0.3, -0.25) is 0 Å². The largest absolute Gasteiger partial charge is 0.350 e. The highest BCUT2D eigenvalue weighted by Crippen LogP contribution is 2.30. The van der Waals surface area contributed by atoms with Crippen molar-refractivity contribution < 1.29 is 0 Å². The minimum atomic E-state index is 0.702. The Morgan fingerprint density at radius 3 is 2.84 bits per heavy atom. The van der Waals surface area contributed by atoms with Gasteiger partial charge in [-0.05, 0) is 43.9 Å². The fourth-order valence-electron chi connectivity index (χ4n) is 3.70. The van der Waals surface area contributed by atoms with E-state index in [9.17, 15) is 0 Å². The maximum Gasteiger partial charge on any atom is 0.0480 e. The number of fused-ring (bicyclic) bond motifs is 1. The number of aromatic nitrogens is 1. The van der Waals surface area contributed by atoms with E-state index in [-0.39, 0.29) is 0 Å². The second-order valence-corrected chi connectivity index (χ2v) is 5.93. The molecule has 1 aromatic carbocycles. The predicted octanol–water partition coefficient (Wildman–Crippen LogP) is 3.50. The Labute approximate surface area is 115 Å². The lowest BCUT2D eigenvalue weighted by atomic mass is 9.81. The lowest BCUT2D eigenvalue weighted by Crippen LogP contribution is -2.37. The van der Waals surface area contributed by atoms with Crippen molar-refractivity contribution in [1.82, 2.24) is 9.88 Å². The summed E-state index contributed by atoms with van der Waals surface area (Å²) >= 11 is 0. The summed E-state index contributed by atoms with van der Waals surface area (Å²) in [6.45, 7) is 0. The van der Waals surface area contributed by atoms with Crippen molar-refractivity contribution in [1.29, 1.82) is 0 Å². The molecule has 0 amide bonds. The molecule has 1 fully saturated rings. The molecular weight excluding hydrogens is 232 g/mol. The van der Waals surface area contributed by atoms with Crippen molar-refractivity contribution in [3.05, 3.63) is 36.0 Å². The fourth-order valence-corrected chi connectivity index (χ4v) is 3.70. The third kappa shape index (κ3) is 2.42. The van der Waals surface area contributed by atoms with Crippen molar-refractivity contribution in [2.45, 2.75) is 38.1 Å². The molecular formula is C17H24N2. The van der Waals surface area contributed by atoms with E-state index in [1.165, 1.54) is 48.6 Å². The Hall–Kier alpha value is -1.28. The Morgan fingerprint density at radius 1 is 1.21 bits per heavy atom. The lowest BCUT2D eigenvalue weighted by molar-refractivity contribution is 0.273. The molecule has 19 heavy (non-hydrogen) atoms. The summed E-state index contributed by atoms with van der Waals surface area (Å²) in [5.74, 6) is 0.796. The molecule has 0 saturated heterocycles. The number of rotatable bonds is 3. The molecule has 2 aromatic rings. The lowest BCUT2D eigenvalue weighted by Gasteiger charge is -2.31. The van der Waals surface area contributed by atoms with E-state index in [0.29, 0.717) is 6.04 Å². The van der Waals surface area contributed by atoms with Crippen LogP contribution in [0.1, 0.15) is 31.2 Å². The Kier molecular flexibility index (Phi) is 3.61. The minimum absolute atomic E-state index is 0.702. The summed E-state index contributed by atoms with van der Waals surface area (Å²) in [6, 6.07) is 9.47. The van der Waals surface area contributed by atoms with Crippen LogP contribution >= 0.6 is 0 Å². The van der Waals surface area contributed by atoms with Crippen LogP contribution in [0.25, 0.3) is 10.9 Å². The molecule has 1 saturated carbocycles. The molecule has 0 radical (unpaired) electrons. The zero-order valence-corrected chi connectivity index (χ0v) is 12.0. The molecule has 2 heteroatoms. The number of nitrogens with one attached hydrogen (secondary N) is 1. The van der Waals surface area contributed by atoms with Crippen LogP contribution in [0.15, 0.2) is 30.5 Å². The van der Waals surface area contributed by atoms with E-state index in [1.54, 1.807) is 0 Å². The Morgan fingerprint density at radius 2 is 2.00 bits per heavy atom. The SMILES string of the molecule is CNC1CCCCC1Cc1cn(C)c2ccccc12. The van der Waals surface area contributed by atoms with Gasteiger partial charge in [-0.2, -0.15) is 0 Å². The first-order valence-corrected chi connectivity index (χ1v) is 7.50. The molecule has 102 valence electrons. The van der Waals surface area contributed by atoms with Crippen LogP contribution < -0.4 is 5.32 Å². The maximum atomic E-state index is 3.52. The van der Waals surface area contributed by atoms with E-state index in [0.717, 1.165) is 5.92 Å². The molecule has 3 rings (SSSR count). The topological polar surface area (TPSA) is 17.0 Å². The molecule has 1 aliphatic rings. The molecule has 0 spiro atoms. The van der Waals surface area contributed by atoms with Gasteiger partial charge in [0.05, 0.1) is 0 Å². The molecule has 2 unspecified atom stereocenters. The number of hydrogen-bond donors (Lipinski definition) is 1. The highest BCUT2D eigenvalue weighted by Gasteiger charge is 2.24. The third-order valence-electron chi connectivity index (χ3n) is 4.74. The van der Waals surface area contributed by atoms with Crippen molar-refractivity contribution in [3.8, 4) is 0 Å². The summed E-state index contributed by atoms with van der Waals surface area (Å²) in [5, 5.41) is 4.96. The number of para-hydroxylation sites is 1. The number of hydrogen-bond acceptors (Lipinski definition) is 1. The summed E-state index contributed by atoms with van der Waals surface area (Å²) in [7, 11) is 4.27. The van der Waals surface area contributed by atoms with Gasteiger partial charge in [0, 0.05) is 30.2 Å². The van der Waals surface area contributed by atoms with Crippen LogP contribution in [0.2, 0.25) is 0 Å². The van der Waals surface area contributed by atoms with E-state index in [1.807, 2.05) is 0 Å². The number of nitrogens with zero attached hydrogens (tertiary/aromatic N) is 1. The summed E-state index contributed by atoms with van der Waals surface area (Å²) in [5.41, 5.74) is 2.87. The van der Waals surface area contributed by atoms with Crippen LogP contribution in [0, 0.1) is 5.92 Å². The van der Waals surface area contributed by atoms with Gasteiger partial charge in [0.1, 0.15) is 0 Å². The summed E-state index contributed by atoms with van der Waals surface area (Å²) in [4.78, 5) is 0. The van der Waals surface area contributed by atoms with Crippen molar-refractivity contribution in [2.24, 2.45) is 13.0 Å². The van der Waals surface area contributed by atoms with Crippen molar-refractivity contribution >= 4 is 10.9 Å². The smallest absolute Gasteiger partial charge is 0.0480 e. The Balaban J connectivity index is 1.88. The van der Waals surface area contributed by atoms with Gasteiger partial charge in [0.2, 0.25) is 0 Å². The van der Waals surface area contributed by atoms with Crippen LogP contribution in [-0.4, -0.2) is 17.7 Å². The second kappa shape index (κ2) is 5.38. The first-order valence-electron chi connectivity index (χ1n) is 7.50. The standard InChI is InChI=1S/C17H24N2/c1-18-16-9-5-3-7-13(16)11-14-12-19(2)17-10-6-4-8-15(14)17/h4,6,8,10,12-13,16,18H,3,5,7,9,11H2,1-2H3. The average molecular weight is 256 g/mol. The highest BCUT2D eigenvalue weighted by molar-refractivity contribution is 5.83. The van der Waals surface area contributed by atoms with Crippen LogP contribution in [0.4, 0.5) is 0 Å². The average Bonchev–Trinajstić information content (AvgIpc) is 2.77. The van der Waals surface area contributed by atoms with Crippen LogP contribution in [-0.2, 0) is 13.5 Å². The maximum absolute atomic E-state index is 3.52. The normalized spacial score (nSPS) is 23.9. The van der Waals surface area contributed by atoms with E-state index in [2.05, 4.69) is 54.4 Å². The molecule has 1 heterocycles. The fraction of sp³-hybridized carbons (Fsp3) is 0.529. The van der Waals surface area contributed by atoms with E-state index < -0.39 is 0 Å². The monoisotopic (exact) mass is 256 g/mol. The van der Waals surface area contributed by atoms with Crippen molar-refractivity contribution in [2.75, 3.05) is 7.05 Å². The zero-order chi connectivity index (χ0) is 13.2. The first kappa shape index (κ1) is 12.7. The number of aryl methyl sites for hydroxylation is 1. The molecule has 2 nitrogen and oxygen atoms in total. The predicted molar refractivity (Wildman–Crippen MR) is 81.4 cm³/mol. The van der Waals surface area contributed by atoms with Gasteiger partial charge in [-0.15, -0.1) is 0 Å². The zero-order valence-electron chi connectivity index (χ0n) is 12.0. The van der Waals surface area contributed by atoms with Gasteiger partial charge in [-0.1, -0.05) is 31.0 Å². The van der Waals surface area contributed by atoms with Gasteiger partial charge in [-0.25, -0.2) is 0 Å². The molecule has 1 aliphatic carbocycles. The quantitative estimate of drug-likeness (QED) is 0.889. The second-order valence-electron chi connectivity index (χ2n) is 5.93. The first-order chi connectivity index (χ1) is 9.29. The van der Waals surface area contributed by atoms with Gasteiger partial charge in [0.25, 0.3) is 0 Å². The molecule has 1 N–H and O–H groups in total. The van der Waals surface area contributed by atoms with Gasteiger partial charge in [0.15, 0.2) is 0 Å². The summed E-state index contributed by atoms with van der Waals surface area (Å²) in [6.07, 6.45) is 9.03.